The van der Waals surface area contributed by atoms with Gasteiger partial charge in [-0.15, -0.1) is 0 Å². The minimum absolute atomic E-state index is 0.129. The zero-order valence-electron chi connectivity index (χ0n) is 10.3. The predicted octanol–water partition coefficient (Wildman–Crippen LogP) is 3.77. The van der Waals surface area contributed by atoms with Crippen molar-refractivity contribution in [1.29, 1.82) is 0 Å². The summed E-state index contributed by atoms with van der Waals surface area (Å²) in [5.41, 5.74) is 9.32. The van der Waals surface area contributed by atoms with Crippen LogP contribution in [0.2, 0.25) is 5.02 Å². The van der Waals surface area contributed by atoms with Gasteiger partial charge in [0.05, 0.1) is 10.6 Å². The molecule has 0 saturated heterocycles. The molecule has 0 radical (unpaired) electrons. The maximum Gasteiger partial charge on any atom is 0.196 e. The van der Waals surface area contributed by atoms with Gasteiger partial charge in [0.1, 0.15) is 0 Å². The van der Waals surface area contributed by atoms with Gasteiger partial charge in [0.15, 0.2) is 5.78 Å². The summed E-state index contributed by atoms with van der Waals surface area (Å²) < 4.78 is 0. The van der Waals surface area contributed by atoms with Gasteiger partial charge in [-0.05, 0) is 31.5 Å². The summed E-state index contributed by atoms with van der Waals surface area (Å²) >= 11 is 6.06. The standard InChI is InChI=1S/C15H14ClNO/c1-9-6-7-11(10(2)8-9)15(18)14-12(16)4-3-5-13(14)17/h3-8H,17H2,1-2H3. The Bertz CT molecular complexity index is 600. The fourth-order valence-corrected chi connectivity index (χ4v) is 2.25. The molecule has 3 heteroatoms. The number of anilines is 1. The number of nitrogen functional groups attached to an aromatic ring is 1. The van der Waals surface area contributed by atoms with Crippen LogP contribution in [0, 0.1) is 13.8 Å². The lowest BCUT2D eigenvalue weighted by molar-refractivity contribution is 0.103. The van der Waals surface area contributed by atoms with E-state index in [0.717, 1.165) is 11.1 Å². The van der Waals surface area contributed by atoms with Crippen LogP contribution in [-0.4, -0.2) is 5.78 Å². The van der Waals surface area contributed by atoms with Crippen LogP contribution in [0.1, 0.15) is 27.0 Å². The van der Waals surface area contributed by atoms with Crippen molar-refractivity contribution < 1.29 is 4.79 Å². The number of rotatable bonds is 2. The molecule has 2 aromatic rings. The third-order valence-electron chi connectivity index (χ3n) is 2.90. The molecule has 2 N–H and O–H groups in total. The normalized spacial score (nSPS) is 10.4. The van der Waals surface area contributed by atoms with Crippen LogP contribution in [0.3, 0.4) is 0 Å². The third kappa shape index (κ3) is 2.24. The van der Waals surface area contributed by atoms with Gasteiger partial charge in [-0.3, -0.25) is 4.79 Å². The minimum Gasteiger partial charge on any atom is -0.398 e. The Hall–Kier alpha value is -1.80. The lowest BCUT2D eigenvalue weighted by Crippen LogP contribution is -2.08. The SMILES string of the molecule is Cc1ccc(C(=O)c2c(N)cccc2Cl)c(C)c1. The van der Waals surface area contributed by atoms with E-state index in [9.17, 15) is 4.79 Å². The van der Waals surface area contributed by atoms with Crippen molar-refractivity contribution in [3.8, 4) is 0 Å². The second kappa shape index (κ2) is 4.83. The number of carbonyl (C=O) groups excluding carboxylic acids is 1. The van der Waals surface area contributed by atoms with E-state index in [1.165, 1.54) is 0 Å². The monoisotopic (exact) mass is 259 g/mol. The molecule has 0 spiro atoms. The van der Waals surface area contributed by atoms with Crippen LogP contribution in [0.5, 0.6) is 0 Å². The summed E-state index contributed by atoms with van der Waals surface area (Å²) in [6, 6.07) is 10.8. The molecular weight excluding hydrogens is 246 g/mol. The first-order valence-corrected chi connectivity index (χ1v) is 6.04. The average Bonchev–Trinajstić information content (AvgIpc) is 2.28. The molecular formula is C15H14ClNO. The predicted molar refractivity (Wildman–Crippen MR) is 75.2 cm³/mol. The van der Waals surface area contributed by atoms with Crippen LogP contribution >= 0.6 is 11.6 Å². The van der Waals surface area contributed by atoms with Gasteiger partial charge in [-0.1, -0.05) is 41.4 Å². The van der Waals surface area contributed by atoms with Crippen LogP contribution in [0.25, 0.3) is 0 Å². The number of hydrogen-bond donors (Lipinski definition) is 1. The summed E-state index contributed by atoms with van der Waals surface area (Å²) in [6.45, 7) is 3.90. The minimum atomic E-state index is -0.129. The Morgan fingerprint density at radius 2 is 1.89 bits per heavy atom. The van der Waals surface area contributed by atoms with Crippen molar-refractivity contribution >= 4 is 23.1 Å². The maximum atomic E-state index is 12.5. The fourth-order valence-electron chi connectivity index (χ4n) is 1.98. The molecule has 0 unspecified atom stereocenters. The second-order valence-electron chi connectivity index (χ2n) is 4.35. The fraction of sp³-hybridized carbons (Fsp3) is 0.133. The first-order chi connectivity index (χ1) is 8.50. The van der Waals surface area contributed by atoms with Crippen molar-refractivity contribution in [3.05, 3.63) is 63.7 Å². The Labute approximate surface area is 111 Å². The van der Waals surface area contributed by atoms with E-state index in [1.807, 2.05) is 32.0 Å². The van der Waals surface area contributed by atoms with Crippen LogP contribution in [0.4, 0.5) is 5.69 Å². The highest BCUT2D eigenvalue weighted by molar-refractivity contribution is 6.36. The van der Waals surface area contributed by atoms with E-state index in [0.29, 0.717) is 21.8 Å². The van der Waals surface area contributed by atoms with Gasteiger partial charge in [-0.2, -0.15) is 0 Å². The second-order valence-corrected chi connectivity index (χ2v) is 4.76. The van der Waals surface area contributed by atoms with Crippen LogP contribution < -0.4 is 5.73 Å². The Morgan fingerprint density at radius 1 is 1.17 bits per heavy atom. The molecule has 0 atom stereocenters. The number of nitrogens with two attached hydrogens (primary N) is 1. The lowest BCUT2D eigenvalue weighted by Gasteiger charge is -2.09. The molecule has 0 heterocycles. The van der Waals surface area contributed by atoms with Gasteiger partial charge in [-0.25, -0.2) is 0 Å². The molecule has 0 aliphatic rings. The number of halogens is 1. The first kappa shape index (κ1) is 12.7. The Morgan fingerprint density at radius 3 is 2.50 bits per heavy atom. The molecule has 0 aliphatic heterocycles. The van der Waals surface area contributed by atoms with Gasteiger partial charge in [0, 0.05) is 11.3 Å². The molecule has 0 amide bonds. The summed E-state index contributed by atoms with van der Waals surface area (Å²) in [7, 11) is 0. The molecule has 2 aromatic carbocycles. The molecule has 18 heavy (non-hydrogen) atoms. The van der Waals surface area contributed by atoms with Gasteiger partial charge < -0.3 is 5.73 Å². The number of carbonyl (C=O) groups is 1. The van der Waals surface area contributed by atoms with E-state index in [4.69, 9.17) is 17.3 Å². The molecule has 92 valence electrons. The van der Waals surface area contributed by atoms with Gasteiger partial charge in [0.2, 0.25) is 0 Å². The maximum absolute atomic E-state index is 12.5. The quantitative estimate of drug-likeness (QED) is 0.659. The molecule has 0 aromatic heterocycles. The highest BCUT2D eigenvalue weighted by Crippen LogP contribution is 2.26. The highest BCUT2D eigenvalue weighted by Gasteiger charge is 2.17. The van der Waals surface area contributed by atoms with Crippen LogP contribution in [0.15, 0.2) is 36.4 Å². The smallest absolute Gasteiger partial charge is 0.196 e. The topological polar surface area (TPSA) is 43.1 Å². The van der Waals surface area contributed by atoms with Gasteiger partial charge >= 0.3 is 0 Å². The van der Waals surface area contributed by atoms with Crippen LogP contribution in [-0.2, 0) is 0 Å². The van der Waals surface area contributed by atoms with E-state index < -0.39 is 0 Å². The Kier molecular flexibility index (Phi) is 3.39. The molecule has 2 rings (SSSR count). The molecule has 0 aliphatic carbocycles. The van der Waals surface area contributed by atoms with E-state index in [2.05, 4.69) is 0 Å². The molecule has 0 saturated carbocycles. The van der Waals surface area contributed by atoms with Crippen molar-refractivity contribution in [1.82, 2.24) is 0 Å². The molecule has 0 fully saturated rings. The lowest BCUT2D eigenvalue weighted by atomic mass is 9.96. The van der Waals surface area contributed by atoms with Crippen molar-refractivity contribution in [2.24, 2.45) is 0 Å². The number of ketones is 1. The highest BCUT2D eigenvalue weighted by atomic mass is 35.5. The number of aryl methyl sites for hydroxylation is 2. The molecule has 2 nitrogen and oxygen atoms in total. The van der Waals surface area contributed by atoms with Crippen molar-refractivity contribution in [2.45, 2.75) is 13.8 Å². The first-order valence-electron chi connectivity index (χ1n) is 5.66. The molecule has 0 bridgehead atoms. The summed E-state index contributed by atoms with van der Waals surface area (Å²) in [4.78, 5) is 12.5. The van der Waals surface area contributed by atoms with E-state index in [1.54, 1.807) is 18.2 Å². The van der Waals surface area contributed by atoms with Crippen molar-refractivity contribution in [3.63, 3.8) is 0 Å². The summed E-state index contributed by atoms with van der Waals surface area (Å²) in [5.74, 6) is -0.129. The number of hydrogen-bond acceptors (Lipinski definition) is 2. The zero-order chi connectivity index (χ0) is 13.3. The third-order valence-corrected chi connectivity index (χ3v) is 3.21. The number of benzene rings is 2. The largest absolute Gasteiger partial charge is 0.398 e. The van der Waals surface area contributed by atoms with E-state index >= 15 is 0 Å². The van der Waals surface area contributed by atoms with E-state index in [-0.39, 0.29) is 5.78 Å². The van der Waals surface area contributed by atoms with Crippen molar-refractivity contribution in [2.75, 3.05) is 5.73 Å². The van der Waals surface area contributed by atoms with Gasteiger partial charge in [0.25, 0.3) is 0 Å². The Balaban J connectivity index is 2.55. The zero-order valence-corrected chi connectivity index (χ0v) is 11.1. The summed E-state index contributed by atoms with van der Waals surface area (Å²) in [5, 5.41) is 0.389. The summed E-state index contributed by atoms with van der Waals surface area (Å²) in [6.07, 6.45) is 0. The average molecular weight is 260 g/mol.